The van der Waals surface area contributed by atoms with Gasteiger partial charge in [0.05, 0.1) is 0 Å². The fraction of sp³-hybridized carbons (Fsp3) is 0.200. The topological polar surface area (TPSA) is 67.8 Å². The first-order valence-electron chi connectivity index (χ1n) is 3.88. The molecule has 0 heterocycles. The van der Waals surface area contributed by atoms with Gasteiger partial charge in [0.15, 0.2) is 6.17 Å². The molecule has 0 saturated heterocycles. The zero-order chi connectivity index (χ0) is 10.6. The molecule has 4 heteroatoms. The lowest BCUT2D eigenvalue weighted by Crippen LogP contribution is -2.30. The third-order valence-corrected chi connectivity index (χ3v) is 1.80. The van der Waals surface area contributed by atoms with Crippen LogP contribution in [0.1, 0.15) is 11.7 Å². The van der Waals surface area contributed by atoms with Crippen LogP contribution < -0.4 is 0 Å². The van der Waals surface area contributed by atoms with Crippen molar-refractivity contribution in [3.8, 4) is 12.1 Å². The molecule has 1 atom stereocenters. The van der Waals surface area contributed by atoms with Crippen molar-refractivity contribution in [2.75, 3.05) is 0 Å². The quantitative estimate of drug-likeness (QED) is 0.718. The Bertz CT molecular complexity index is 377. The minimum Gasteiger partial charge on any atom is -0.362 e. The Labute approximate surface area is 80.6 Å². The minimum absolute atomic E-state index is 0.109. The van der Waals surface area contributed by atoms with Crippen LogP contribution in [0.5, 0.6) is 0 Å². The maximum absolute atomic E-state index is 13.5. The molecule has 1 unspecified atom stereocenters. The fourth-order valence-electron chi connectivity index (χ4n) is 1.00. The van der Waals surface area contributed by atoms with Crippen LogP contribution in [0.3, 0.4) is 0 Å². The first-order chi connectivity index (χ1) is 6.64. The molecule has 1 rings (SSSR count). The summed E-state index contributed by atoms with van der Waals surface area (Å²) < 4.78 is 13.5. The number of alkyl halides is 1. The van der Waals surface area contributed by atoms with Gasteiger partial charge < -0.3 is 5.11 Å². The number of benzene rings is 1. The van der Waals surface area contributed by atoms with Gasteiger partial charge in [-0.3, -0.25) is 0 Å². The molecule has 0 saturated carbocycles. The molecule has 0 aromatic heterocycles. The van der Waals surface area contributed by atoms with Crippen LogP contribution in [-0.2, 0) is 0 Å². The summed E-state index contributed by atoms with van der Waals surface area (Å²) in [6.07, 6.45) is -2.02. The molecule has 0 amide bonds. The van der Waals surface area contributed by atoms with Crippen molar-refractivity contribution in [1.29, 1.82) is 10.5 Å². The highest BCUT2D eigenvalue weighted by Crippen LogP contribution is 2.28. The molecule has 70 valence electrons. The van der Waals surface area contributed by atoms with Crippen molar-refractivity contribution in [1.82, 2.24) is 0 Å². The minimum atomic E-state index is -2.61. The fourth-order valence-corrected chi connectivity index (χ4v) is 1.00. The van der Waals surface area contributed by atoms with E-state index in [1.165, 1.54) is 24.3 Å². The van der Waals surface area contributed by atoms with E-state index in [-0.39, 0.29) is 5.56 Å². The molecule has 0 spiro atoms. The van der Waals surface area contributed by atoms with Gasteiger partial charge in [-0.2, -0.15) is 10.5 Å². The van der Waals surface area contributed by atoms with Gasteiger partial charge in [0.1, 0.15) is 12.1 Å². The standard InChI is InChI=1S/C10H7FN2O/c11-9(10(14,6-12)7-13)8-4-2-1-3-5-8/h1-5,9,14H. The van der Waals surface area contributed by atoms with Gasteiger partial charge in [-0.15, -0.1) is 0 Å². The summed E-state index contributed by atoms with van der Waals surface area (Å²) in [5.41, 5.74) is -2.50. The molecule has 14 heavy (non-hydrogen) atoms. The lowest BCUT2D eigenvalue weighted by molar-refractivity contribution is 0.0611. The first-order valence-corrected chi connectivity index (χ1v) is 3.88. The summed E-state index contributed by atoms with van der Waals surface area (Å²) in [5, 5.41) is 26.2. The molecule has 0 bridgehead atoms. The summed E-state index contributed by atoms with van der Waals surface area (Å²) in [7, 11) is 0. The third-order valence-electron chi connectivity index (χ3n) is 1.80. The van der Waals surface area contributed by atoms with Crippen LogP contribution in [0, 0.1) is 22.7 Å². The normalized spacial score (nSPS) is 12.6. The van der Waals surface area contributed by atoms with Crippen LogP contribution in [-0.4, -0.2) is 10.7 Å². The van der Waals surface area contributed by atoms with Crippen molar-refractivity contribution < 1.29 is 9.50 Å². The van der Waals surface area contributed by atoms with Crippen LogP contribution in [0.25, 0.3) is 0 Å². The van der Waals surface area contributed by atoms with Crippen molar-refractivity contribution >= 4 is 0 Å². The Morgan fingerprint density at radius 1 is 1.21 bits per heavy atom. The van der Waals surface area contributed by atoms with Gasteiger partial charge in [0.25, 0.3) is 5.60 Å². The second kappa shape index (κ2) is 3.87. The SMILES string of the molecule is N#CC(O)(C#N)C(F)c1ccccc1. The van der Waals surface area contributed by atoms with Crippen molar-refractivity contribution in [2.24, 2.45) is 0 Å². The molecule has 0 aliphatic carbocycles. The number of nitrogens with zero attached hydrogens (tertiary/aromatic N) is 2. The summed E-state index contributed by atoms with van der Waals surface area (Å²) in [6.45, 7) is 0. The number of hydrogen-bond donors (Lipinski definition) is 1. The van der Waals surface area contributed by atoms with Crippen LogP contribution in [0.4, 0.5) is 4.39 Å². The first kappa shape index (κ1) is 10.2. The highest BCUT2D eigenvalue weighted by Gasteiger charge is 2.38. The maximum atomic E-state index is 13.5. The predicted molar refractivity (Wildman–Crippen MR) is 46.5 cm³/mol. The molecule has 0 radical (unpaired) electrons. The Hall–Kier alpha value is -1.91. The maximum Gasteiger partial charge on any atom is 0.274 e. The van der Waals surface area contributed by atoms with E-state index in [1.54, 1.807) is 18.2 Å². The van der Waals surface area contributed by atoms with E-state index in [1.807, 2.05) is 0 Å². The van der Waals surface area contributed by atoms with Crippen LogP contribution in [0.15, 0.2) is 30.3 Å². The predicted octanol–water partition coefficient (Wildman–Crippen LogP) is 1.48. The Morgan fingerprint density at radius 3 is 2.14 bits per heavy atom. The third kappa shape index (κ3) is 1.71. The molecule has 1 aromatic carbocycles. The number of halogens is 1. The molecule has 0 aliphatic heterocycles. The number of rotatable bonds is 2. The van der Waals surface area contributed by atoms with E-state index in [4.69, 9.17) is 10.5 Å². The molecule has 1 N–H and O–H groups in total. The number of nitriles is 2. The Kier molecular flexibility index (Phi) is 2.81. The summed E-state index contributed by atoms with van der Waals surface area (Å²) in [4.78, 5) is 0. The largest absolute Gasteiger partial charge is 0.362 e. The van der Waals surface area contributed by atoms with E-state index in [9.17, 15) is 9.50 Å². The second-order valence-corrected chi connectivity index (χ2v) is 2.76. The zero-order valence-corrected chi connectivity index (χ0v) is 7.18. The summed E-state index contributed by atoms with van der Waals surface area (Å²) in [6, 6.07) is 10.1. The average molecular weight is 190 g/mol. The van der Waals surface area contributed by atoms with Gasteiger partial charge in [0.2, 0.25) is 0 Å². The van der Waals surface area contributed by atoms with Gasteiger partial charge in [-0.1, -0.05) is 30.3 Å². The molecular formula is C10H7FN2O. The van der Waals surface area contributed by atoms with E-state index in [2.05, 4.69) is 0 Å². The second-order valence-electron chi connectivity index (χ2n) is 2.76. The van der Waals surface area contributed by atoms with E-state index in [0.717, 1.165) is 0 Å². The molecule has 0 aliphatic rings. The summed E-state index contributed by atoms with van der Waals surface area (Å²) in [5.74, 6) is 0. The van der Waals surface area contributed by atoms with E-state index in [0.29, 0.717) is 0 Å². The number of aliphatic hydroxyl groups is 1. The molecular weight excluding hydrogens is 183 g/mol. The lowest BCUT2D eigenvalue weighted by atomic mass is 9.95. The van der Waals surface area contributed by atoms with E-state index < -0.39 is 11.8 Å². The van der Waals surface area contributed by atoms with Gasteiger partial charge >= 0.3 is 0 Å². The van der Waals surface area contributed by atoms with Gasteiger partial charge in [0, 0.05) is 0 Å². The van der Waals surface area contributed by atoms with Crippen molar-refractivity contribution in [3.63, 3.8) is 0 Å². The Morgan fingerprint density at radius 2 is 1.71 bits per heavy atom. The number of hydrogen-bond acceptors (Lipinski definition) is 3. The smallest absolute Gasteiger partial charge is 0.274 e. The van der Waals surface area contributed by atoms with Gasteiger partial charge in [-0.05, 0) is 5.56 Å². The zero-order valence-electron chi connectivity index (χ0n) is 7.18. The molecule has 0 fully saturated rings. The van der Waals surface area contributed by atoms with Crippen molar-refractivity contribution in [2.45, 2.75) is 11.8 Å². The van der Waals surface area contributed by atoms with Crippen LogP contribution in [0.2, 0.25) is 0 Å². The van der Waals surface area contributed by atoms with Crippen molar-refractivity contribution in [3.05, 3.63) is 35.9 Å². The summed E-state index contributed by atoms with van der Waals surface area (Å²) >= 11 is 0. The molecule has 1 aromatic rings. The van der Waals surface area contributed by atoms with E-state index >= 15 is 0 Å². The highest BCUT2D eigenvalue weighted by molar-refractivity contribution is 5.29. The molecule has 3 nitrogen and oxygen atoms in total. The monoisotopic (exact) mass is 190 g/mol. The highest BCUT2D eigenvalue weighted by atomic mass is 19.1. The van der Waals surface area contributed by atoms with Crippen LogP contribution >= 0.6 is 0 Å². The lowest BCUT2D eigenvalue weighted by Gasteiger charge is -2.16. The average Bonchev–Trinajstić information content (AvgIpc) is 2.28. The van der Waals surface area contributed by atoms with Gasteiger partial charge in [-0.25, -0.2) is 4.39 Å². The Balaban J connectivity index is 3.04.